The van der Waals surface area contributed by atoms with E-state index in [4.69, 9.17) is 8.92 Å². The average Bonchev–Trinajstić information content (AvgIpc) is 3.21. The van der Waals surface area contributed by atoms with Gasteiger partial charge in [-0.15, -0.1) is 0 Å². The fourth-order valence-corrected chi connectivity index (χ4v) is 8.00. The molecule has 1 N–H and O–H groups in total. The van der Waals surface area contributed by atoms with E-state index in [2.05, 4.69) is 27.4 Å². The lowest BCUT2D eigenvalue weighted by Crippen LogP contribution is -2.38. The van der Waals surface area contributed by atoms with Gasteiger partial charge >= 0.3 is 5.97 Å². The Balaban J connectivity index is 1.71. The Morgan fingerprint density at radius 2 is 1.86 bits per heavy atom. The molecular weight excluding hydrogens is 476 g/mol. The van der Waals surface area contributed by atoms with Crippen molar-refractivity contribution in [3.8, 4) is 0 Å². The van der Waals surface area contributed by atoms with E-state index in [1.54, 1.807) is 12.1 Å². The van der Waals surface area contributed by atoms with Gasteiger partial charge in [0.25, 0.3) is 10.1 Å². The van der Waals surface area contributed by atoms with Crippen LogP contribution in [0.5, 0.6) is 0 Å². The van der Waals surface area contributed by atoms with Crippen LogP contribution >= 0.6 is 0 Å². The highest BCUT2D eigenvalue weighted by molar-refractivity contribution is 7.86. The van der Waals surface area contributed by atoms with Crippen LogP contribution in [-0.4, -0.2) is 39.3 Å². The number of ether oxygens (including phenoxy) is 1. The van der Waals surface area contributed by atoms with Crippen molar-refractivity contribution < 1.29 is 27.2 Å². The van der Waals surface area contributed by atoms with Gasteiger partial charge in [0.05, 0.1) is 30.3 Å². The summed E-state index contributed by atoms with van der Waals surface area (Å²) in [4.78, 5) is 12.1. The monoisotopic (exact) mass is 520 g/mol. The maximum atomic E-state index is 12.8. The summed E-state index contributed by atoms with van der Waals surface area (Å²) in [6.45, 7) is 12.5. The van der Waals surface area contributed by atoms with Crippen LogP contribution in [0.4, 0.5) is 0 Å². The second-order valence-electron chi connectivity index (χ2n) is 11.5. The molecule has 2 aliphatic rings. The van der Waals surface area contributed by atoms with E-state index in [1.165, 1.54) is 51.3 Å². The van der Waals surface area contributed by atoms with Crippen LogP contribution < -0.4 is 0 Å². The van der Waals surface area contributed by atoms with Crippen LogP contribution in [-0.2, 0) is 23.8 Å². The Kier molecular flexibility index (Phi) is 9.45. The van der Waals surface area contributed by atoms with Gasteiger partial charge in [-0.1, -0.05) is 57.9 Å². The van der Waals surface area contributed by atoms with E-state index >= 15 is 0 Å². The number of aliphatic hydroxyl groups excluding tert-OH is 1. The fraction of sp³-hybridized carbons (Fsp3) is 0.690. The van der Waals surface area contributed by atoms with Crippen molar-refractivity contribution in [2.45, 2.75) is 83.6 Å². The maximum absolute atomic E-state index is 12.8. The quantitative estimate of drug-likeness (QED) is 0.230. The average molecular weight is 521 g/mol. The van der Waals surface area contributed by atoms with E-state index < -0.39 is 28.1 Å². The second-order valence-corrected chi connectivity index (χ2v) is 13.1. The summed E-state index contributed by atoms with van der Waals surface area (Å²) < 4.78 is 35.7. The van der Waals surface area contributed by atoms with Gasteiger partial charge < -0.3 is 9.84 Å². The van der Waals surface area contributed by atoms with Crippen molar-refractivity contribution in [2.24, 2.45) is 35.0 Å². The largest absolute Gasteiger partial charge is 0.466 e. The molecule has 7 heteroatoms. The molecule has 2 saturated carbocycles. The number of aliphatic hydroxyl groups is 1. The van der Waals surface area contributed by atoms with Gasteiger partial charge in [0.1, 0.15) is 0 Å². The number of rotatable bonds is 11. The van der Waals surface area contributed by atoms with Crippen molar-refractivity contribution in [2.75, 3.05) is 13.7 Å². The summed E-state index contributed by atoms with van der Waals surface area (Å²) >= 11 is 0. The molecule has 1 aromatic carbocycles. The topological polar surface area (TPSA) is 89.9 Å². The summed E-state index contributed by atoms with van der Waals surface area (Å²) in [5, 5.41) is 11.0. The smallest absolute Gasteiger partial charge is 0.335 e. The lowest BCUT2D eigenvalue weighted by molar-refractivity contribution is -0.137. The summed E-state index contributed by atoms with van der Waals surface area (Å²) in [5.74, 6) is 1.24. The number of benzene rings is 1. The molecule has 0 radical (unpaired) electrons. The zero-order valence-electron chi connectivity index (χ0n) is 22.5. The SMILES string of the molecule is C=C(C(=O)OC)C(O)C(CCC(C)[C@H]1CCC2[C@@H](C)CCC[C@@]21C)COS(=O)(=O)c1ccc(C)cc1. The lowest BCUT2D eigenvalue weighted by Gasteiger charge is -2.46. The number of fused-ring (bicyclic) bond motifs is 1. The minimum atomic E-state index is -4.00. The molecule has 2 aliphatic carbocycles. The molecule has 0 amide bonds. The highest BCUT2D eigenvalue weighted by atomic mass is 32.2. The maximum Gasteiger partial charge on any atom is 0.335 e. The minimum Gasteiger partial charge on any atom is -0.466 e. The molecule has 36 heavy (non-hydrogen) atoms. The molecule has 0 bridgehead atoms. The molecule has 0 aromatic heterocycles. The van der Waals surface area contributed by atoms with Crippen LogP contribution in [0.2, 0.25) is 0 Å². The third-order valence-electron chi connectivity index (χ3n) is 9.22. The molecule has 7 atom stereocenters. The summed E-state index contributed by atoms with van der Waals surface area (Å²) in [6, 6.07) is 6.44. The van der Waals surface area contributed by atoms with Gasteiger partial charge in [-0.25, -0.2) is 4.79 Å². The van der Waals surface area contributed by atoms with Gasteiger partial charge in [-0.2, -0.15) is 8.42 Å². The first-order valence-electron chi connectivity index (χ1n) is 13.3. The normalized spacial score (nSPS) is 28.7. The molecule has 2 fully saturated rings. The molecule has 0 spiro atoms. The Bertz CT molecular complexity index is 1020. The predicted octanol–water partition coefficient (Wildman–Crippen LogP) is 5.68. The number of carbonyl (C=O) groups is 1. The Morgan fingerprint density at radius 3 is 2.50 bits per heavy atom. The van der Waals surface area contributed by atoms with Crippen molar-refractivity contribution in [1.82, 2.24) is 0 Å². The van der Waals surface area contributed by atoms with E-state index in [1.807, 2.05) is 6.92 Å². The zero-order valence-corrected chi connectivity index (χ0v) is 23.4. The van der Waals surface area contributed by atoms with Crippen molar-refractivity contribution in [3.63, 3.8) is 0 Å². The fourth-order valence-electron chi connectivity index (χ4n) is 7.04. The first-order chi connectivity index (χ1) is 16.9. The van der Waals surface area contributed by atoms with Crippen LogP contribution in [0.1, 0.15) is 71.3 Å². The standard InChI is InChI=1S/C29H44O6S/c1-19-9-13-24(14-10-19)36(32,33)35-18-23(27(30)22(4)28(31)34-6)12-11-21(3)26-16-15-25-20(2)8-7-17-29(25,26)5/h9-10,13-14,20-21,23,25-27,30H,4,7-8,11-12,15-18H2,1-3,5-6H3/t20-,21?,23?,25?,26+,27?,29-/m0/s1. The number of carbonyl (C=O) groups excluding carboxylic acids is 1. The van der Waals surface area contributed by atoms with Gasteiger partial charge in [0.2, 0.25) is 0 Å². The number of esters is 1. The predicted molar refractivity (Wildman–Crippen MR) is 141 cm³/mol. The Morgan fingerprint density at radius 1 is 1.19 bits per heavy atom. The first-order valence-corrected chi connectivity index (χ1v) is 14.7. The molecule has 0 aliphatic heterocycles. The molecule has 1 aromatic rings. The molecule has 4 unspecified atom stereocenters. The highest BCUT2D eigenvalue weighted by Gasteiger charge is 2.51. The Hall–Kier alpha value is -1.70. The van der Waals surface area contributed by atoms with E-state index in [-0.39, 0.29) is 17.1 Å². The summed E-state index contributed by atoms with van der Waals surface area (Å²) in [6.07, 6.45) is 6.43. The number of hydrogen-bond acceptors (Lipinski definition) is 6. The molecule has 0 heterocycles. The number of aryl methyl sites for hydroxylation is 1. The van der Waals surface area contributed by atoms with Crippen LogP contribution in [0.3, 0.4) is 0 Å². The van der Waals surface area contributed by atoms with E-state index in [0.717, 1.165) is 23.8 Å². The number of methoxy groups -OCH3 is 1. The highest BCUT2D eigenvalue weighted by Crippen LogP contribution is 2.59. The lowest BCUT2D eigenvalue weighted by atomic mass is 9.59. The van der Waals surface area contributed by atoms with Gasteiger partial charge in [0, 0.05) is 5.92 Å². The van der Waals surface area contributed by atoms with Gasteiger partial charge in [-0.05, 0) is 80.2 Å². The third-order valence-corrected chi connectivity index (χ3v) is 10.5. The minimum absolute atomic E-state index is 0.0674. The summed E-state index contributed by atoms with van der Waals surface area (Å²) in [7, 11) is -2.77. The van der Waals surface area contributed by atoms with Crippen molar-refractivity contribution >= 4 is 16.1 Å². The zero-order chi connectivity index (χ0) is 26.7. The van der Waals surface area contributed by atoms with Gasteiger partial charge in [-0.3, -0.25) is 4.18 Å². The number of hydrogen-bond donors (Lipinski definition) is 1. The second kappa shape index (κ2) is 11.8. The van der Waals surface area contributed by atoms with Crippen molar-refractivity contribution in [3.05, 3.63) is 42.0 Å². The summed E-state index contributed by atoms with van der Waals surface area (Å²) in [5.41, 5.74) is 1.20. The van der Waals surface area contributed by atoms with E-state index in [0.29, 0.717) is 23.7 Å². The third kappa shape index (κ3) is 6.22. The molecule has 202 valence electrons. The molecule has 6 nitrogen and oxygen atoms in total. The molecule has 0 saturated heterocycles. The van der Waals surface area contributed by atoms with Crippen LogP contribution in [0.15, 0.2) is 41.3 Å². The van der Waals surface area contributed by atoms with Gasteiger partial charge in [0.15, 0.2) is 0 Å². The van der Waals surface area contributed by atoms with Crippen molar-refractivity contribution in [1.29, 1.82) is 0 Å². The van der Waals surface area contributed by atoms with Crippen LogP contribution in [0.25, 0.3) is 0 Å². The molecule has 3 rings (SSSR count). The van der Waals surface area contributed by atoms with Crippen LogP contribution in [0, 0.1) is 41.9 Å². The Labute approximate surface area is 217 Å². The first kappa shape index (κ1) is 28.9. The van der Waals surface area contributed by atoms with E-state index in [9.17, 15) is 18.3 Å². The molecular formula is C29H44O6S.